The molecule has 0 aliphatic carbocycles. The fourth-order valence-corrected chi connectivity index (χ4v) is 3.26. The largest absolute Gasteiger partial charge is 0.465 e. The number of amides is 2. The monoisotopic (exact) mass is 365 g/mol. The van der Waals surface area contributed by atoms with Crippen LogP contribution < -0.4 is 10.6 Å². The van der Waals surface area contributed by atoms with Crippen molar-refractivity contribution in [1.29, 1.82) is 0 Å². The van der Waals surface area contributed by atoms with E-state index in [2.05, 4.69) is 15.6 Å². The van der Waals surface area contributed by atoms with E-state index in [0.717, 1.165) is 22.0 Å². The molecule has 0 aliphatic heterocycles. The van der Waals surface area contributed by atoms with Crippen LogP contribution in [0.2, 0.25) is 0 Å². The van der Waals surface area contributed by atoms with Gasteiger partial charge in [0, 0.05) is 23.5 Å². The Hall–Kier alpha value is -3.28. The molecule has 6 heteroatoms. The Morgan fingerprint density at radius 1 is 1.11 bits per heavy atom. The summed E-state index contributed by atoms with van der Waals surface area (Å²) >= 11 is 0. The number of carbonyl (C=O) groups is 2. The third-order valence-electron chi connectivity index (χ3n) is 4.75. The number of hydrogen-bond acceptors (Lipinski definition) is 2. The molecule has 6 nitrogen and oxygen atoms in total. The van der Waals surface area contributed by atoms with Crippen molar-refractivity contribution in [2.45, 2.75) is 31.8 Å². The maximum atomic E-state index is 13.0. The number of rotatable bonds is 6. The second kappa shape index (κ2) is 7.53. The van der Waals surface area contributed by atoms with Gasteiger partial charge >= 0.3 is 6.09 Å². The van der Waals surface area contributed by atoms with Gasteiger partial charge < -0.3 is 20.7 Å². The predicted molar refractivity (Wildman–Crippen MR) is 105 cm³/mol. The highest BCUT2D eigenvalue weighted by molar-refractivity contribution is 5.91. The summed E-state index contributed by atoms with van der Waals surface area (Å²) in [6, 6.07) is 17.0. The zero-order valence-corrected chi connectivity index (χ0v) is 15.3. The molecule has 0 saturated heterocycles. The first-order valence-corrected chi connectivity index (χ1v) is 8.81. The number of H-pyrrole nitrogens is 1. The summed E-state index contributed by atoms with van der Waals surface area (Å²) in [7, 11) is 0. The van der Waals surface area contributed by atoms with E-state index in [4.69, 9.17) is 0 Å². The maximum absolute atomic E-state index is 13.0. The van der Waals surface area contributed by atoms with Crippen molar-refractivity contribution >= 4 is 22.9 Å². The molecule has 2 atom stereocenters. The van der Waals surface area contributed by atoms with Crippen LogP contribution in [0.5, 0.6) is 0 Å². The van der Waals surface area contributed by atoms with E-state index in [1.807, 2.05) is 67.7 Å². The van der Waals surface area contributed by atoms with Crippen LogP contribution in [0.25, 0.3) is 10.9 Å². The third-order valence-corrected chi connectivity index (χ3v) is 4.75. The van der Waals surface area contributed by atoms with Crippen LogP contribution in [0.1, 0.15) is 31.0 Å². The molecule has 2 amide bonds. The van der Waals surface area contributed by atoms with Gasteiger partial charge in [-0.1, -0.05) is 48.5 Å². The number of para-hydroxylation sites is 1. The van der Waals surface area contributed by atoms with Crippen LogP contribution in [0, 0.1) is 0 Å². The Morgan fingerprint density at radius 3 is 2.48 bits per heavy atom. The molecule has 3 aromatic rings. The lowest BCUT2D eigenvalue weighted by Crippen LogP contribution is -2.58. The summed E-state index contributed by atoms with van der Waals surface area (Å²) in [5.74, 6) is -0.369. The normalized spacial score (nSPS) is 14.3. The first kappa shape index (κ1) is 18.5. The van der Waals surface area contributed by atoms with E-state index in [1.165, 1.54) is 0 Å². The van der Waals surface area contributed by atoms with Gasteiger partial charge in [-0.05, 0) is 31.0 Å². The lowest BCUT2D eigenvalue weighted by molar-refractivity contribution is -0.127. The molecule has 1 aromatic heterocycles. The van der Waals surface area contributed by atoms with Crippen LogP contribution in [-0.4, -0.2) is 27.6 Å². The Labute approximate surface area is 157 Å². The molecule has 3 rings (SSSR count). The fourth-order valence-electron chi connectivity index (χ4n) is 3.26. The molecule has 0 bridgehead atoms. The molecule has 0 spiro atoms. The summed E-state index contributed by atoms with van der Waals surface area (Å²) in [5.41, 5.74) is 1.48. The minimum absolute atomic E-state index is 0.233. The zero-order chi connectivity index (χ0) is 19.4. The number of benzene rings is 2. The number of fused-ring (bicyclic) bond motifs is 1. The van der Waals surface area contributed by atoms with Gasteiger partial charge in [0.05, 0.1) is 6.04 Å². The number of aromatic nitrogens is 1. The molecule has 140 valence electrons. The minimum atomic E-state index is -1.31. The summed E-state index contributed by atoms with van der Waals surface area (Å²) < 4.78 is 0. The summed E-state index contributed by atoms with van der Waals surface area (Å²) in [6.07, 6.45) is 0.816. The SMILES string of the molecule is CC(NC(=O)C(C)(Cc1c[nH]c2ccccc12)NC(=O)O)c1ccccc1. The van der Waals surface area contributed by atoms with Gasteiger partial charge in [0.15, 0.2) is 0 Å². The van der Waals surface area contributed by atoms with Gasteiger partial charge in [-0.15, -0.1) is 0 Å². The van der Waals surface area contributed by atoms with Crippen molar-refractivity contribution in [3.8, 4) is 0 Å². The van der Waals surface area contributed by atoms with Crippen molar-refractivity contribution in [3.05, 3.63) is 71.9 Å². The van der Waals surface area contributed by atoms with Gasteiger partial charge in [0.2, 0.25) is 5.91 Å². The van der Waals surface area contributed by atoms with E-state index in [0.29, 0.717) is 0 Å². The standard InChI is InChI=1S/C21H23N3O3/c1-14(15-8-4-3-5-9-15)23-19(25)21(2,24-20(26)27)12-16-13-22-18-11-7-6-10-17(16)18/h3-11,13-14,22,24H,12H2,1-2H3,(H,23,25)(H,26,27). The molecular formula is C21H23N3O3. The van der Waals surface area contributed by atoms with E-state index >= 15 is 0 Å². The molecule has 0 radical (unpaired) electrons. The molecular weight excluding hydrogens is 342 g/mol. The summed E-state index contributed by atoms with van der Waals surface area (Å²) in [4.78, 5) is 27.5. The average molecular weight is 365 g/mol. The van der Waals surface area contributed by atoms with Crippen molar-refractivity contribution in [2.24, 2.45) is 0 Å². The Morgan fingerprint density at radius 2 is 1.78 bits per heavy atom. The lowest BCUT2D eigenvalue weighted by atomic mass is 9.91. The highest BCUT2D eigenvalue weighted by atomic mass is 16.4. The van der Waals surface area contributed by atoms with Crippen LogP contribution in [-0.2, 0) is 11.2 Å². The molecule has 2 aromatic carbocycles. The Bertz CT molecular complexity index is 951. The Kier molecular flexibility index (Phi) is 5.16. The molecule has 2 unspecified atom stereocenters. The first-order valence-electron chi connectivity index (χ1n) is 8.81. The van der Waals surface area contributed by atoms with E-state index in [-0.39, 0.29) is 18.4 Å². The van der Waals surface area contributed by atoms with Gasteiger partial charge in [0.1, 0.15) is 5.54 Å². The topological polar surface area (TPSA) is 94.2 Å². The molecule has 0 saturated carbocycles. The van der Waals surface area contributed by atoms with Crippen molar-refractivity contribution in [2.75, 3.05) is 0 Å². The van der Waals surface area contributed by atoms with Crippen molar-refractivity contribution < 1.29 is 14.7 Å². The summed E-state index contributed by atoms with van der Waals surface area (Å²) in [6.45, 7) is 3.48. The molecule has 27 heavy (non-hydrogen) atoms. The number of nitrogens with one attached hydrogen (secondary N) is 3. The fraction of sp³-hybridized carbons (Fsp3) is 0.238. The van der Waals surface area contributed by atoms with Gasteiger partial charge in [-0.25, -0.2) is 4.79 Å². The molecule has 0 fully saturated rings. The van der Waals surface area contributed by atoms with Crippen LogP contribution in [0.3, 0.4) is 0 Å². The number of hydrogen-bond donors (Lipinski definition) is 4. The first-order chi connectivity index (χ1) is 12.9. The van der Waals surface area contributed by atoms with Crippen LogP contribution in [0.15, 0.2) is 60.8 Å². The maximum Gasteiger partial charge on any atom is 0.405 e. The number of carbonyl (C=O) groups excluding carboxylic acids is 1. The minimum Gasteiger partial charge on any atom is -0.465 e. The van der Waals surface area contributed by atoms with Gasteiger partial charge in [-0.2, -0.15) is 0 Å². The van der Waals surface area contributed by atoms with Crippen molar-refractivity contribution in [1.82, 2.24) is 15.6 Å². The van der Waals surface area contributed by atoms with Crippen molar-refractivity contribution in [3.63, 3.8) is 0 Å². The van der Waals surface area contributed by atoms with Gasteiger partial charge in [0.25, 0.3) is 0 Å². The second-order valence-corrected chi connectivity index (χ2v) is 6.90. The second-order valence-electron chi connectivity index (χ2n) is 6.90. The quantitative estimate of drug-likeness (QED) is 0.537. The smallest absolute Gasteiger partial charge is 0.405 e. The van der Waals surface area contributed by atoms with E-state index < -0.39 is 11.6 Å². The Balaban J connectivity index is 1.85. The van der Waals surface area contributed by atoms with E-state index in [9.17, 15) is 14.7 Å². The highest BCUT2D eigenvalue weighted by Crippen LogP contribution is 2.23. The molecule has 0 aliphatic rings. The van der Waals surface area contributed by atoms with Crippen LogP contribution >= 0.6 is 0 Å². The van der Waals surface area contributed by atoms with E-state index in [1.54, 1.807) is 6.92 Å². The zero-order valence-electron chi connectivity index (χ0n) is 15.3. The van der Waals surface area contributed by atoms with Gasteiger partial charge in [-0.3, -0.25) is 4.79 Å². The third kappa shape index (κ3) is 4.11. The molecule has 4 N–H and O–H groups in total. The number of aromatic amines is 1. The summed E-state index contributed by atoms with van der Waals surface area (Å²) in [5, 5.41) is 15.6. The highest BCUT2D eigenvalue weighted by Gasteiger charge is 2.36. The molecule has 1 heterocycles. The van der Waals surface area contributed by atoms with Crippen LogP contribution in [0.4, 0.5) is 4.79 Å². The number of carboxylic acid groups (broad SMARTS) is 1. The average Bonchev–Trinajstić information content (AvgIpc) is 3.04. The predicted octanol–water partition coefficient (Wildman–Crippen LogP) is 3.61. The lowest BCUT2D eigenvalue weighted by Gasteiger charge is -2.30.